The molecule has 2 aromatic rings. The van der Waals surface area contributed by atoms with Crippen LogP contribution in [0.5, 0.6) is 11.5 Å². The van der Waals surface area contributed by atoms with Gasteiger partial charge in [0.25, 0.3) is 0 Å². The second-order valence-corrected chi connectivity index (χ2v) is 4.77. The molecule has 0 spiro atoms. The van der Waals surface area contributed by atoms with Gasteiger partial charge in [0.05, 0.1) is 0 Å². The minimum atomic E-state index is 0.505. The molecule has 0 fully saturated rings. The Balaban J connectivity index is 1.95. The van der Waals surface area contributed by atoms with Gasteiger partial charge in [-0.3, -0.25) is 0 Å². The first-order chi connectivity index (χ1) is 9.28. The van der Waals surface area contributed by atoms with Crippen molar-refractivity contribution in [1.82, 2.24) is 0 Å². The number of ether oxygens (including phenoxy) is 1. The highest BCUT2D eigenvalue weighted by atomic mass is 16.5. The molecule has 19 heavy (non-hydrogen) atoms. The molecule has 2 aromatic carbocycles. The molecule has 0 heterocycles. The normalized spacial score (nSPS) is 11.9. The summed E-state index contributed by atoms with van der Waals surface area (Å²) in [5, 5.41) is 3.48. The molecule has 100 valence electrons. The maximum atomic E-state index is 5.76. The van der Waals surface area contributed by atoms with E-state index in [1.54, 1.807) is 0 Å². The van der Waals surface area contributed by atoms with Gasteiger partial charge in [-0.25, -0.2) is 0 Å². The Hall–Kier alpha value is -1.96. The standard InChI is InChI=1S/C17H21NO/c1-3-7-14(2)18-15-10-12-17(13-11-15)19-16-8-5-4-6-9-16/h4-6,8-14,18H,3,7H2,1-2H3. The fourth-order valence-electron chi connectivity index (χ4n) is 2.03. The summed E-state index contributed by atoms with van der Waals surface area (Å²) in [7, 11) is 0. The summed E-state index contributed by atoms with van der Waals surface area (Å²) in [6.07, 6.45) is 2.38. The van der Waals surface area contributed by atoms with E-state index >= 15 is 0 Å². The molecule has 0 aliphatic rings. The van der Waals surface area contributed by atoms with Crippen molar-refractivity contribution in [2.45, 2.75) is 32.7 Å². The largest absolute Gasteiger partial charge is 0.457 e. The van der Waals surface area contributed by atoms with E-state index in [1.165, 1.54) is 12.8 Å². The van der Waals surface area contributed by atoms with Gasteiger partial charge in [0, 0.05) is 11.7 Å². The molecule has 0 bridgehead atoms. The molecular weight excluding hydrogens is 234 g/mol. The molecular formula is C17H21NO. The second kappa shape index (κ2) is 6.83. The van der Waals surface area contributed by atoms with Crippen LogP contribution in [0.15, 0.2) is 54.6 Å². The Morgan fingerprint density at radius 2 is 1.58 bits per heavy atom. The van der Waals surface area contributed by atoms with Crippen LogP contribution in [0.2, 0.25) is 0 Å². The van der Waals surface area contributed by atoms with Crippen molar-refractivity contribution in [2.75, 3.05) is 5.32 Å². The van der Waals surface area contributed by atoms with Gasteiger partial charge in [-0.15, -0.1) is 0 Å². The topological polar surface area (TPSA) is 21.3 Å². The molecule has 1 atom stereocenters. The Bertz CT molecular complexity index is 478. The summed E-state index contributed by atoms with van der Waals surface area (Å²) < 4.78 is 5.76. The average molecular weight is 255 g/mol. The van der Waals surface area contributed by atoms with E-state index in [2.05, 4.69) is 31.3 Å². The van der Waals surface area contributed by atoms with Gasteiger partial charge in [-0.05, 0) is 49.7 Å². The van der Waals surface area contributed by atoms with Gasteiger partial charge < -0.3 is 10.1 Å². The van der Waals surface area contributed by atoms with Gasteiger partial charge in [-0.2, -0.15) is 0 Å². The van der Waals surface area contributed by atoms with E-state index in [0.717, 1.165) is 17.2 Å². The predicted molar refractivity (Wildman–Crippen MR) is 81.0 cm³/mol. The van der Waals surface area contributed by atoms with Crippen molar-refractivity contribution in [3.05, 3.63) is 54.6 Å². The van der Waals surface area contributed by atoms with Crippen LogP contribution in [0.1, 0.15) is 26.7 Å². The Morgan fingerprint density at radius 1 is 0.947 bits per heavy atom. The van der Waals surface area contributed by atoms with Crippen molar-refractivity contribution in [1.29, 1.82) is 0 Å². The molecule has 0 saturated heterocycles. The summed E-state index contributed by atoms with van der Waals surface area (Å²) in [5.74, 6) is 1.72. The minimum absolute atomic E-state index is 0.505. The monoisotopic (exact) mass is 255 g/mol. The fraction of sp³-hybridized carbons (Fsp3) is 0.294. The number of benzene rings is 2. The Morgan fingerprint density at radius 3 is 2.21 bits per heavy atom. The van der Waals surface area contributed by atoms with Gasteiger partial charge in [0.1, 0.15) is 11.5 Å². The highest BCUT2D eigenvalue weighted by Gasteiger charge is 2.01. The minimum Gasteiger partial charge on any atom is -0.457 e. The van der Waals surface area contributed by atoms with E-state index in [1.807, 2.05) is 42.5 Å². The van der Waals surface area contributed by atoms with Crippen LogP contribution >= 0.6 is 0 Å². The first-order valence-electron chi connectivity index (χ1n) is 6.87. The SMILES string of the molecule is CCCC(C)Nc1ccc(Oc2ccccc2)cc1. The molecule has 0 aliphatic heterocycles. The number of rotatable bonds is 6. The summed E-state index contributed by atoms with van der Waals surface area (Å²) in [4.78, 5) is 0. The van der Waals surface area contributed by atoms with E-state index in [-0.39, 0.29) is 0 Å². The van der Waals surface area contributed by atoms with Crippen molar-refractivity contribution in [2.24, 2.45) is 0 Å². The molecule has 0 aliphatic carbocycles. The summed E-state index contributed by atoms with van der Waals surface area (Å²) in [6, 6.07) is 18.4. The van der Waals surface area contributed by atoms with Gasteiger partial charge >= 0.3 is 0 Å². The molecule has 0 aromatic heterocycles. The first kappa shape index (κ1) is 13.5. The molecule has 1 unspecified atom stereocenters. The quantitative estimate of drug-likeness (QED) is 0.777. The third-order valence-electron chi connectivity index (χ3n) is 2.97. The van der Waals surface area contributed by atoms with Crippen LogP contribution in [-0.2, 0) is 0 Å². The van der Waals surface area contributed by atoms with Crippen LogP contribution in [-0.4, -0.2) is 6.04 Å². The smallest absolute Gasteiger partial charge is 0.127 e. The lowest BCUT2D eigenvalue weighted by Gasteiger charge is -2.14. The third-order valence-corrected chi connectivity index (χ3v) is 2.97. The molecule has 0 amide bonds. The Kier molecular flexibility index (Phi) is 4.85. The zero-order valence-electron chi connectivity index (χ0n) is 11.6. The lowest BCUT2D eigenvalue weighted by molar-refractivity contribution is 0.483. The zero-order valence-corrected chi connectivity index (χ0v) is 11.6. The van der Waals surface area contributed by atoms with Gasteiger partial charge in [0.2, 0.25) is 0 Å². The number of hydrogen-bond donors (Lipinski definition) is 1. The van der Waals surface area contributed by atoms with Crippen LogP contribution < -0.4 is 10.1 Å². The van der Waals surface area contributed by atoms with Crippen molar-refractivity contribution < 1.29 is 4.74 Å². The van der Waals surface area contributed by atoms with Crippen molar-refractivity contribution >= 4 is 5.69 Å². The number of hydrogen-bond acceptors (Lipinski definition) is 2. The third kappa shape index (κ3) is 4.32. The number of para-hydroxylation sites is 1. The van der Waals surface area contributed by atoms with E-state index < -0.39 is 0 Å². The fourth-order valence-corrected chi connectivity index (χ4v) is 2.03. The van der Waals surface area contributed by atoms with Gasteiger partial charge in [0.15, 0.2) is 0 Å². The van der Waals surface area contributed by atoms with Crippen LogP contribution in [0.25, 0.3) is 0 Å². The van der Waals surface area contributed by atoms with Crippen molar-refractivity contribution in [3.8, 4) is 11.5 Å². The lowest BCUT2D eigenvalue weighted by Crippen LogP contribution is -2.14. The van der Waals surface area contributed by atoms with Crippen LogP contribution in [0.4, 0.5) is 5.69 Å². The van der Waals surface area contributed by atoms with Crippen molar-refractivity contribution in [3.63, 3.8) is 0 Å². The predicted octanol–water partition coefficient (Wildman–Crippen LogP) is 5.08. The summed E-state index contributed by atoms with van der Waals surface area (Å²) >= 11 is 0. The highest BCUT2D eigenvalue weighted by Crippen LogP contribution is 2.23. The van der Waals surface area contributed by atoms with Gasteiger partial charge in [-0.1, -0.05) is 31.5 Å². The first-order valence-corrected chi connectivity index (χ1v) is 6.87. The zero-order chi connectivity index (χ0) is 13.5. The molecule has 0 saturated carbocycles. The molecule has 0 radical (unpaired) electrons. The molecule has 2 heteroatoms. The molecule has 1 N–H and O–H groups in total. The average Bonchev–Trinajstić information content (AvgIpc) is 2.42. The molecule has 2 rings (SSSR count). The number of anilines is 1. The van der Waals surface area contributed by atoms with E-state index in [4.69, 9.17) is 4.74 Å². The summed E-state index contributed by atoms with van der Waals surface area (Å²) in [5.41, 5.74) is 1.14. The second-order valence-electron chi connectivity index (χ2n) is 4.77. The maximum absolute atomic E-state index is 5.76. The maximum Gasteiger partial charge on any atom is 0.127 e. The van der Waals surface area contributed by atoms with Crippen LogP contribution in [0.3, 0.4) is 0 Å². The lowest BCUT2D eigenvalue weighted by atomic mass is 10.2. The number of nitrogens with one attached hydrogen (secondary N) is 1. The molecule has 2 nitrogen and oxygen atoms in total. The van der Waals surface area contributed by atoms with E-state index in [0.29, 0.717) is 6.04 Å². The highest BCUT2D eigenvalue weighted by molar-refractivity contribution is 5.47. The Labute approximate surface area is 115 Å². The summed E-state index contributed by atoms with van der Waals surface area (Å²) in [6.45, 7) is 4.41. The van der Waals surface area contributed by atoms with E-state index in [9.17, 15) is 0 Å². The van der Waals surface area contributed by atoms with Crippen LogP contribution in [0, 0.1) is 0 Å².